The highest BCUT2D eigenvalue weighted by Crippen LogP contribution is 2.24. The number of para-hydroxylation sites is 1. The second-order valence-corrected chi connectivity index (χ2v) is 8.00. The fourth-order valence-electron chi connectivity index (χ4n) is 2.71. The van der Waals surface area contributed by atoms with Crippen LogP contribution < -0.4 is 10.1 Å². The second kappa shape index (κ2) is 10.6. The first kappa shape index (κ1) is 21.6. The standard InChI is InChI=1S/C23H20ClN3O2S/c1-2-10-29-21-9-4-3-7-17(21)13-18(14-25)22(28)27-23-26-15-20(30-23)12-16-6-5-8-19(24)11-16/h3-9,11,13,15H,2,10,12H2,1H3,(H,26,27,28)/b18-13+. The van der Waals surface area contributed by atoms with Crippen molar-refractivity contribution < 1.29 is 9.53 Å². The number of carbonyl (C=O) groups is 1. The van der Waals surface area contributed by atoms with E-state index in [0.717, 1.165) is 16.9 Å². The smallest absolute Gasteiger partial charge is 0.268 e. The zero-order chi connectivity index (χ0) is 21.3. The van der Waals surface area contributed by atoms with Crippen LogP contribution in [0.2, 0.25) is 5.02 Å². The Balaban J connectivity index is 1.71. The number of carbonyl (C=O) groups excluding carboxylic acids is 1. The summed E-state index contributed by atoms with van der Waals surface area (Å²) in [6.45, 7) is 2.58. The highest BCUT2D eigenvalue weighted by molar-refractivity contribution is 7.15. The van der Waals surface area contributed by atoms with Gasteiger partial charge in [0, 0.05) is 28.1 Å². The molecule has 0 fully saturated rings. The zero-order valence-corrected chi connectivity index (χ0v) is 18.0. The maximum atomic E-state index is 12.6. The van der Waals surface area contributed by atoms with Crippen LogP contribution in [-0.4, -0.2) is 17.5 Å². The summed E-state index contributed by atoms with van der Waals surface area (Å²) in [4.78, 5) is 17.8. The number of nitrogens with zero attached hydrogens (tertiary/aromatic N) is 2. The van der Waals surface area contributed by atoms with E-state index in [-0.39, 0.29) is 5.57 Å². The Hall–Kier alpha value is -3.14. The second-order valence-electron chi connectivity index (χ2n) is 6.45. The summed E-state index contributed by atoms with van der Waals surface area (Å²) in [6, 6.07) is 16.9. The molecule has 0 saturated carbocycles. The fourth-order valence-corrected chi connectivity index (χ4v) is 3.76. The average Bonchev–Trinajstić information content (AvgIpc) is 3.17. The first-order chi connectivity index (χ1) is 14.6. The predicted octanol–water partition coefficient (Wildman–Crippen LogP) is 5.72. The molecule has 1 aromatic heterocycles. The van der Waals surface area contributed by atoms with E-state index >= 15 is 0 Å². The maximum absolute atomic E-state index is 12.6. The van der Waals surface area contributed by atoms with Crippen molar-refractivity contribution in [2.45, 2.75) is 19.8 Å². The molecule has 1 amide bonds. The number of rotatable bonds is 8. The molecule has 1 heterocycles. The number of amides is 1. The van der Waals surface area contributed by atoms with Gasteiger partial charge in [-0.2, -0.15) is 5.26 Å². The van der Waals surface area contributed by atoms with Crippen LogP contribution >= 0.6 is 22.9 Å². The summed E-state index contributed by atoms with van der Waals surface area (Å²) < 4.78 is 5.69. The number of ether oxygens (including phenoxy) is 1. The number of halogens is 1. The Labute approximate surface area is 184 Å². The van der Waals surface area contributed by atoms with Gasteiger partial charge in [0.1, 0.15) is 17.4 Å². The largest absolute Gasteiger partial charge is 0.493 e. The van der Waals surface area contributed by atoms with Crippen molar-refractivity contribution in [3.63, 3.8) is 0 Å². The Morgan fingerprint density at radius 2 is 2.13 bits per heavy atom. The van der Waals surface area contributed by atoms with Gasteiger partial charge in [-0.1, -0.05) is 48.9 Å². The van der Waals surface area contributed by atoms with Crippen LogP contribution in [0.5, 0.6) is 5.75 Å². The highest BCUT2D eigenvalue weighted by Gasteiger charge is 2.13. The van der Waals surface area contributed by atoms with E-state index in [1.165, 1.54) is 17.4 Å². The van der Waals surface area contributed by atoms with Crippen molar-refractivity contribution in [3.8, 4) is 11.8 Å². The monoisotopic (exact) mass is 437 g/mol. The van der Waals surface area contributed by atoms with Crippen LogP contribution in [0.15, 0.2) is 60.3 Å². The van der Waals surface area contributed by atoms with Crippen molar-refractivity contribution in [2.75, 3.05) is 11.9 Å². The Bertz CT molecular complexity index is 1100. The molecule has 1 N–H and O–H groups in total. The van der Waals surface area contributed by atoms with Crippen LogP contribution in [0.1, 0.15) is 29.3 Å². The molecular formula is C23H20ClN3O2S. The lowest BCUT2D eigenvalue weighted by Gasteiger charge is -2.08. The zero-order valence-electron chi connectivity index (χ0n) is 16.4. The number of nitriles is 1. The average molecular weight is 438 g/mol. The Morgan fingerprint density at radius 1 is 1.30 bits per heavy atom. The molecule has 0 aliphatic rings. The number of hydrogen-bond donors (Lipinski definition) is 1. The molecule has 0 unspecified atom stereocenters. The Kier molecular flexibility index (Phi) is 7.61. The number of nitrogens with one attached hydrogen (secondary N) is 1. The van der Waals surface area contributed by atoms with Gasteiger partial charge in [-0.25, -0.2) is 4.98 Å². The van der Waals surface area contributed by atoms with Crippen molar-refractivity contribution in [3.05, 3.63) is 81.3 Å². The third-order valence-corrected chi connectivity index (χ3v) is 5.23. The number of aromatic nitrogens is 1. The van der Waals surface area contributed by atoms with Crippen LogP contribution in [-0.2, 0) is 11.2 Å². The number of anilines is 1. The molecule has 152 valence electrons. The molecular weight excluding hydrogens is 418 g/mol. The summed E-state index contributed by atoms with van der Waals surface area (Å²) >= 11 is 7.39. The number of thiazole rings is 1. The van der Waals surface area contributed by atoms with E-state index in [2.05, 4.69) is 10.3 Å². The molecule has 0 radical (unpaired) electrons. The van der Waals surface area contributed by atoms with Crippen LogP contribution in [0, 0.1) is 11.3 Å². The van der Waals surface area contributed by atoms with E-state index in [0.29, 0.717) is 34.5 Å². The van der Waals surface area contributed by atoms with E-state index in [1.54, 1.807) is 6.20 Å². The van der Waals surface area contributed by atoms with Gasteiger partial charge in [-0.3, -0.25) is 10.1 Å². The van der Waals surface area contributed by atoms with Gasteiger partial charge in [-0.15, -0.1) is 11.3 Å². The predicted molar refractivity (Wildman–Crippen MR) is 121 cm³/mol. The van der Waals surface area contributed by atoms with Crippen molar-refractivity contribution in [1.29, 1.82) is 5.26 Å². The normalized spacial score (nSPS) is 11.0. The van der Waals surface area contributed by atoms with E-state index in [1.807, 2.05) is 61.5 Å². The molecule has 5 nitrogen and oxygen atoms in total. The lowest BCUT2D eigenvalue weighted by Crippen LogP contribution is -2.13. The van der Waals surface area contributed by atoms with Crippen LogP contribution in [0.4, 0.5) is 5.13 Å². The summed E-state index contributed by atoms with van der Waals surface area (Å²) in [7, 11) is 0. The van der Waals surface area contributed by atoms with E-state index in [9.17, 15) is 10.1 Å². The van der Waals surface area contributed by atoms with Gasteiger partial charge < -0.3 is 4.74 Å². The van der Waals surface area contributed by atoms with Crippen molar-refractivity contribution in [2.24, 2.45) is 0 Å². The van der Waals surface area contributed by atoms with Gasteiger partial charge in [0.05, 0.1) is 6.61 Å². The SMILES string of the molecule is CCCOc1ccccc1/C=C(\C#N)C(=O)Nc1ncc(Cc2cccc(Cl)c2)s1. The number of benzene rings is 2. The summed E-state index contributed by atoms with van der Waals surface area (Å²) in [5.41, 5.74) is 1.72. The minimum absolute atomic E-state index is 0.0193. The molecule has 3 rings (SSSR count). The molecule has 0 atom stereocenters. The minimum atomic E-state index is -0.508. The molecule has 2 aromatic carbocycles. The summed E-state index contributed by atoms with van der Waals surface area (Å²) in [6.07, 6.45) is 4.77. The fraction of sp³-hybridized carbons (Fsp3) is 0.174. The van der Waals surface area contributed by atoms with Crippen molar-refractivity contribution >= 4 is 40.1 Å². The van der Waals surface area contributed by atoms with Crippen molar-refractivity contribution in [1.82, 2.24) is 4.98 Å². The molecule has 3 aromatic rings. The minimum Gasteiger partial charge on any atom is -0.493 e. The van der Waals surface area contributed by atoms with E-state index < -0.39 is 5.91 Å². The van der Waals surface area contributed by atoms with E-state index in [4.69, 9.17) is 16.3 Å². The third kappa shape index (κ3) is 5.93. The first-order valence-corrected chi connectivity index (χ1v) is 10.6. The summed E-state index contributed by atoms with van der Waals surface area (Å²) in [5.74, 6) is 0.129. The van der Waals surface area contributed by atoms with Gasteiger partial charge in [0.2, 0.25) is 0 Å². The molecule has 0 saturated heterocycles. The molecule has 0 spiro atoms. The highest BCUT2D eigenvalue weighted by atomic mass is 35.5. The molecule has 0 bridgehead atoms. The van der Waals surface area contributed by atoms with Crippen LogP contribution in [0.25, 0.3) is 6.08 Å². The topological polar surface area (TPSA) is 75.0 Å². The lowest BCUT2D eigenvalue weighted by atomic mass is 10.1. The molecule has 7 heteroatoms. The first-order valence-electron chi connectivity index (χ1n) is 9.43. The Morgan fingerprint density at radius 3 is 2.90 bits per heavy atom. The third-order valence-electron chi connectivity index (χ3n) is 4.09. The van der Waals surface area contributed by atoms with Gasteiger partial charge >= 0.3 is 0 Å². The molecule has 0 aliphatic heterocycles. The number of hydrogen-bond acceptors (Lipinski definition) is 5. The summed E-state index contributed by atoms with van der Waals surface area (Å²) in [5, 5.41) is 13.3. The van der Waals surface area contributed by atoms with Gasteiger partial charge in [0.25, 0.3) is 5.91 Å². The van der Waals surface area contributed by atoms with Gasteiger partial charge in [-0.05, 0) is 36.3 Å². The maximum Gasteiger partial charge on any atom is 0.268 e. The van der Waals surface area contributed by atoms with Gasteiger partial charge in [0.15, 0.2) is 5.13 Å². The quantitative estimate of drug-likeness (QED) is 0.361. The lowest BCUT2D eigenvalue weighted by molar-refractivity contribution is -0.112. The molecule has 30 heavy (non-hydrogen) atoms. The van der Waals surface area contributed by atoms with Crippen LogP contribution in [0.3, 0.4) is 0 Å². The molecule has 0 aliphatic carbocycles.